The Hall–Kier alpha value is -3.02. The lowest BCUT2D eigenvalue weighted by Gasteiger charge is -2.18. The molecule has 0 spiro atoms. The number of aryl methyl sites for hydroxylation is 1. The van der Waals surface area contributed by atoms with Gasteiger partial charge in [-0.25, -0.2) is 0 Å². The molecule has 0 saturated heterocycles. The Morgan fingerprint density at radius 3 is 2.88 bits per heavy atom. The van der Waals surface area contributed by atoms with E-state index in [-0.39, 0.29) is 18.4 Å². The van der Waals surface area contributed by atoms with Gasteiger partial charge in [-0.3, -0.25) is 9.59 Å². The standard InChI is InChI=1S/C20H22N2O4/c1-25-16-4-2-3-14(11-16)9-10-21-19(23)8-6-15-5-7-18-17(12-15)22-20(24)13-26-18/h2-5,7,11-12H,6,8-10,13H2,1H3,(H,21,23)(H,22,24). The summed E-state index contributed by atoms with van der Waals surface area (Å²) in [4.78, 5) is 23.4. The van der Waals surface area contributed by atoms with Crippen LogP contribution in [0, 0.1) is 0 Å². The molecule has 2 N–H and O–H groups in total. The van der Waals surface area contributed by atoms with Gasteiger partial charge in [0.2, 0.25) is 5.91 Å². The van der Waals surface area contributed by atoms with E-state index in [1.165, 1.54) is 0 Å². The van der Waals surface area contributed by atoms with Crippen LogP contribution in [0.4, 0.5) is 5.69 Å². The first-order valence-corrected chi connectivity index (χ1v) is 8.59. The fraction of sp³-hybridized carbons (Fsp3) is 0.300. The predicted octanol–water partition coefficient (Wildman–Crippen LogP) is 2.32. The van der Waals surface area contributed by atoms with Gasteiger partial charge in [-0.2, -0.15) is 0 Å². The Bertz CT molecular complexity index is 804. The summed E-state index contributed by atoms with van der Waals surface area (Å²) in [6, 6.07) is 13.4. The second-order valence-electron chi connectivity index (χ2n) is 6.12. The van der Waals surface area contributed by atoms with Gasteiger partial charge in [0.05, 0.1) is 12.8 Å². The summed E-state index contributed by atoms with van der Waals surface area (Å²) >= 11 is 0. The molecule has 0 saturated carbocycles. The Kier molecular flexibility index (Phi) is 5.73. The quantitative estimate of drug-likeness (QED) is 0.800. The fourth-order valence-electron chi connectivity index (χ4n) is 2.81. The van der Waals surface area contributed by atoms with Crippen LogP contribution >= 0.6 is 0 Å². The van der Waals surface area contributed by atoms with Crippen molar-refractivity contribution in [1.82, 2.24) is 5.32 Å². The van der Waals surface area contributed by atoms with E-state index in [0.717, 1.165) is 23.3 Å². The van der Waals surface area contributed by atoms with E-state index in [0.29, 0.717) is 30.8 Å². The zero-order chi connectivity index (χ0) is 18.4. The van der Waals surface area contributed by atoms with Crippen LogP contribution in [-0.2, 0) is 22.4 Å². The molecule has 1 aliphatic rings. The molecular weight excluding hydrogens is 332 g/mol. The lowest BCUT2D eigenvalue weighted by molar-refractivity contribution is -0.121. The van der Waals surface area contributed by atoms with Gasteiger partial charge in [-0.1, -0.05) is 18.2 Å². The van der Waals surface area contributed by atoms with Crippen LogP contribution in [0.5, 0.6) is 11.5 Å². The van der Waals surface area contributed by atoms with Crippen LogP contribution in [0.15, 0.2) is 42.5 Å². The number of anilines is 1. The highest BCUT2D eigenvalue weighted by molar-refractivity contribution is 5.95. The molecule has 136 valence electrons. The summed E-state index contributed by atoms with van der Waals surface area (Å²) in [6.07, 6.45) is 1.75. The van der Waals surface area contributed by atoms with Gasteiger partial charge in [-0.05, 0) is 48.2 Å². The molecule has 6 heteroatoms. The van der Waals surface area contributed by atoms with Crippen molar-refractivity contribution in [2.75, 3.05) is 25.6 Å². The van der Waals surface area contributed by atoms with Crippen LogP contribution in [0.25, 0.3) is 0 Å². The van der Waals surface area contributed by atoms with Crippen molar-refractivity contribution in [2.45, 2.75) is 19.3 Å². The molecule has 0 aromatic heterocycles. The number of benzene rings is 2. The Balaban J connectivity index is 1.44. The molecule has 0 unspecified atom stereocenters. The summed E-state index contributed by atoms with van der Waals surface area (Å²) in [5.41, 5.74) is 2.77. The summed E-state index contributed by atoms with van der Waals surface area (Å²) in [6.45, 7) is 0.627. The van der Waals surface area contributed by atoms with E-state index in [9.17, 15) is 9.59 Å². The molecule has 1 aliphatic heterocycles. The summed E-state index contributed by atoms with van der Waals surface area (Å²) < 4.78 is 10.5. The Morgan fingerprint density at radius 1 is 1.19 bits per heavy atom. The number of amides is 2. The van der Waals surface area contributed by atoms with Crippen molar-refractivity contribution in [3.63, 3.8) is 0 Å². The van der Waals surface area contributed by atoms with Crippen LogP contribution < -0.4 is 20.1 Å². The number of carbonyl (C=O) groups excluding carboxylic acids is 2. The molecule has 0 radical (unpaired) electrons. The third-order valence-corrected chi connectivity index (χ3v) is 4.19. The van der Waals surface area contributed by atoms with Crippen molar-refractivity contribution in [3.8, 4) is 11.5 Å². The topological polar surface area (TPSA) is 76.7 Å². The summed E-state index contributed by atoms with van der Waals surface area (Å²) in [5.74, 6) is 1.32. The Labute approximate surface area is 152 Å². The highest BCUT2D eigenvalue weighted by Crippen LogP contribution is 2.28. The molecule has 6 nitrogen and oxygen atoms in total. The molecule has 2 aromatic rings. The van der Waals surface area contributed by atoms with Gasteiger partial charge in [0.15, 0.2) is 6.61 Å². The summed E-state index contributed by atoms with van der Waals surface area (Å²) in [7, 11) is 1.64. The second kappa shape index (κ2) is 8.38. The molecule has 0 atom stereocenters. The molecule has 0 fully saturated rings. The average Bonchev–Trinajstić information content (AvgIpc) is 2.66. The van der Waals surface area contributed by atoms with Crippen molar-refractivity contribution >= 4 is 17.5 Å². The molecule has 0 bridgehead atoms. The van der Waals surface area contributed by atoms with E-state index in [2.05, 4.69) is 10.6 Å². The fourth-order valence-corrected chi connectivity index (χ4v) is 2.81. The van der Waals surface area contributed by atoms with Gasteiger partial charge < -0.3 is 20.1 Å². The lowest BCUT2D eigenvalue weighted by Crippen LogP contribution is -2.26. The van der Waals surface area contributed by atoms with Gasteiger partial charge in [0.1, 0.15) is 11.5 Å². The molecular formula is C20H22N2O4. The van der Waals surface area contributed by atoms with E-state index < -0.39 is 0 Å². The number of rotatable bonds is 7. The summed E-state index contributed by atoms with van der Waals surface area (Å²) in [5, 5.41) is 5.71. The first-order valence-electron chi connectivity index (χ1n) is 8.59. The number of fused-ring (bicyclic) bond motifs is 1. The van der Waals surface area contributed by atoms with Crippen LogP contribution in [-0.4, -0.2) is 32.1 Å². The molecule has 2 amide bonds. The molecule has 26 heavy (non-hydrogen) atoms. The third kappa shape index (κ3) is 4.75. The van der Waals surface area contributed by atoms with Gasteiger partial charge in [0.25, 0.3) is 5.91 Å². The van der Waals surface area contributed by atoms with Crippen molar-refractivity contribution in [3.05, 3.63) is 53.6 Å². The molecule has 3 rings (SSSR count). The van der Waals surface area contributed by atoms with Crippen LogP contribution in [0.3, 0.4) is 0 Å². The lowest BCUT2D eigenvalue weighted by atomic mass is 10.1. The number of ether oxygens (including phenoxy) is 2. The monoisotopic (exact) mass is 354 g/mol. The first kappa shape index (κ1) is 17.8. The minimum atomic E-state index is -0.162. The minimum absolute atomic E-state index is 0.00547. The van der Waals surface area contributed by atoms with E-state index in [4.69, 9.17) is 9.47 Å². The third-order valence-electron chi connectivity index (χ3n) is 4.19. The minimum Gasteiger partial charge on any atom is -0.497 e. The Morgan fingerprint density at radius 2 is 2.04 bits per heavy atom. The maximum Gasteiger partial charge on any atom is 0.262 e. The molecule has 2 aromatic carbocycles. The van der Waals surface area contributed by atoms with Crippen molar-refractivity contribution < 1.29 is 19.1 Å². The number of hydrogen-bond donors (Lipinski definition) is 2. The van der Waals surface area contributed by atoms with Gasteiger partial charge >= 0.3 is 0 Å². The van der Waals surface area contributed by atoms with Gasteiger partial charge in [0, 0.05) is 13.0 Å². The van der Waals surface area contributed by atoms with Crippen LogP contribution in [0.1, 0.15) is 17.5 Å². The number of nitrogens with one attached hydrogen (secondary N) is 2. The smallest absolute Gasteiger partial charge is 0.262 e. The number of carbonyl (C=O) groups is 2. The highest BCUT2D eigenvalue weighted by atomic mass is 16.5. The highest BCUT2D eigenvalue weighted by Gasteiger charge is 2.16. The van der Waals surface area contributed by atoms with E-state index in [1.54, 1.807) is 7.11 Å². The maximum absolute atomic E-state index is 12.0. The van der Waals surface area contributed by atoms with Gasteiger partial charge in [-0.15, -0.1) is 0 Å². The zero-order valence-electron chi connectivity index (χ0n) is 14.7. The first-order chi connectivity index (χ1) is 12.6. The van der Waals surface area contributed by atoms with Crippen molar-refractivity contribution in [1.29, 1.82) is 0 Å². The normalized spacial score (nSPS) is 12.6. The number of hydrogen-bond acceptors (Lipinski definition) is 4. The SMILES string of the molecule is COc1cccc(CCNC(=O)CCc2ccc3c(c2)NC(=O)CO3)c1. The second-order valence-corrected chi connectivity index (χ2v) is 6.12. The van der Waals surface area contributed by atoms with E-state index >= 15 is 0 Å². The van der Waals surface area contributed by atoms with Crippen LogP contribution in [0.2, 0.25) is 0 Å². The van der Waals surface area contributed by atoms with Crippen molar-refractivity contribution in [2.24, 2.45) is 0 Å². The molecule has 0 aliphatic carbocycles. The molecule has 1 heterocycles. The largest absolute Gasteiger partial charge is 0.497 e. The maximum atomic E-state index is 12.0. The predicted molar refractivity (Wildman–Crippen MR) is 98.6 cm³/mol. The zero-order valence-corrected chi connectivity index (χ0v) is 14.7. The van der Waals surface area contributed by atoms with E-state index in [1.807, 2.05) is 42.5 Å². The number of methoxy groups -OCH3 is 1. The average molecular weight is 354 g/mol.